The van der Waals surface area contributed by atoms with Crippen molar-refractivity contribution >= 4 is 36.7 Å². The van der Waals surface area contributed by atoms with Gasteiger partial charge in [0.15, 0.2) is 0 Å². The molecule has 1 radical (unpaired) electrons. The van der Waals surface area contributed by atoms with Crippen molar-refractivity contribution in [2.45, 2.75) is 24.5 Å². The normalized spacial score (nSPS) is 16.3. The van der Waals surface area contributed by atoms with Crippen LogP contribution in [0.25, 0.3) is 10.9 Å². The molecule has 0 N–H and O–H groups in total. The molecule has 5 rings (SSSR count). The van der Waals surface area contributed by atoms with E-state index < -0.39 is 0 Å². The van der Waals surface area contributed by atoms with Crippen molar-refractivity contribution in [1.29, 1.82) is 0 Å². The van der Waals surface area contributed by atoms with Crippen molar-refractivity contribution in [3.8, 4) is 5.75 Å². The van der Waals surface area contributed by atoms with E-state index >= 15 is 0 Å². The first kappa shape index (κ1) is 21.1. The van der Waals surface area contributed by atoms with Gasteiger partial charge < -0.3 is 0 Å². The first-order valence-electron chi connectivity index (χ1n) is 11.2. The minimum absolute atomic E-state index is 0.0582. The molecule has 1 aliphatic heterocycles. The van der Waals surface area contributed by atoms with E-state index in [0.29, 0.717) is 5.92 Å². The number of aryl methyl sites for hydroxylation is 1. The van der Waals surface area contributed by atoms with Crippen molar-refractivity contribution in [1.82, 2.24) is 4.98 Å². The Morgan fingerprint density at radius 1 is 1.00 bits per heavy atom. The van der Waals surface area contributed by atoms with E-state index in [0.717, 1.165) is 35.3 Å². The molecule has 2 heterocycles. The first-order chi connectivity index (χ1) is 15.7. The summed E-state index contributed by atoms with van der Waals surface area (Å²) >= 11 is 0.0582. The van der Waals surface area contributed by atoms with E-state index in [-0.39, 0.29) is 15.8 Å². The van der Waals surface area contributed by atoms with E-state index in [2.05, 4.69) is 90.7 Å². The Balaban J connectivity index is 1.39. The van der Waals surface area contributed by atoms with Gasteiger partial charge in [-0.05, 0) is 0 Å². The third-order valence-corrected chi connectivity index (χ3v) is 8.75. The predicted octanol–water partition coefficient (Wildman–Crippen LogP) is 5.08. The minimum atomic E-state index is 0.0582. The van der Waals surface area contributed by atoms with E-state index in [1.54, 1.807) is 7.11 Å². The van der Waals surface area contributed by atoms with Gasteiger partial charge in [-0.1, -0.05) is 0 Å². The number of hydrogen-bond donors (Lipinski definition) is 0. The molecule has 1 atom stereocenters. The van der Waals surface area contributed by atoms with Crippen LogP contribution in [0.15, 0.2) is 78.9 Å². The third kappa shape index (κ3) is 4.54. The summed E-state index contributed by atoms with van der Waals surface area (Å²) in [6.45, 7) is 4.28. The molecule has 0 aliphatic carbocycles. The van der Waals surface area contributed by atoms with Crippen LogP contribution in [0.2, 0.25) is 0 Å². The molecule has 1 saturated heterocycles. The van der Waals surface area contributed by atoms with Crippen molar-refractivity contribution in [3.05, 3.63) is 95.7 Å². The second-order valence-electron chi connectivity index (χ2n) is 8.49. The van der Waals surface area contributed by atoms with Crippen LogP contribution in [-0.4, -0.2) is 40.9 Å². The number of ether oxygens (including phenoxy) is 1. The van der Waals surface area contributed by atoms with E-state index in [4.69, 9.17) is 9.72 Å². The number of anilines is 1. The topological polar surface area (TPSA) is 25.4 Å². The molecule has 3 aromatic carbocycles. The first-order valence-corrected chi connectivity index (χ1v) is 13.5. The summed E-state index contributed by atoms with van der Waals surface area (Å²) in [5.41, 5.74) is 6.37. The average Bonchev–Trinajstić information content (AvgIpc) is 3.33. The molecule has 0 amide bonds. The molecule has 0 spiro atoms. The monoisotopic (exact) mass is 483 g/mol. The fourth-order valence-corrected chi connectivity index (χ4v) is 6.62. The van der Waals surface area contributed by atoms with E-state index in [9.17, 15) is 0 Å². The summed E-state index contributed by atoms with van der Waals surface area (Å²) in [6, 6.07) is 28.6. The van der Waals surface area contributed by atoms with Gasteiger partial charge in [0, 0.05) is 0 Å². The van der Waals surface area contributed by atoms with Crippen LogP contribution in [-0.2, 0) is 5.21 Å². The molecule has 4 aromatic rings. The fraction of sp³-hybridized carbons (Fsp3) is 0.250. The second kappa shape index (κ2) is 9.38. The molecule has 32 heavy (non-hydrogen) atoms. The summed E-state index contributed by atoms with van der Waals surface area (Å²) in [7, 11) is 1.71. The zero-order valence-electron chi connectivity index (χ0n) is 18.7. The second-order valence-corrected chi connectivity index (χ2v) is 10.9. The van der Waals surface area contributed by atoms with Gasteiger partial charge in [0.05, 0.1) is 0 Å². The zero-order valence-corrected chi connectivity index (χ0v) is 20.5. The molecule has 1 aromatic heterocycles. The molecule has 1 unspecified atom stereocenters. The Kier molecular flexibility index (Phi) is 6.18. The summed E-state index contributed by atoms with van der Waals surface area (Å²) in [4.78, 5) is 7.40. The van der Waals surface area contributed by atoms with Crippen LogP contribution < -0.4 is 14.0 Å². The van der Waals surface area contributed by atoms with E-state index in [1.807, 2.05) is 0 Å². The number of rotatable bonds is 6. The molecule has 161 valence electrons. The van der Waals surface area contributed by atoms with Crippen LogP contribution in [0.5, 0.6) is 5.75 Å². The van der Waals surface area contributed by atoms with Gasteiger partial charge in [0.1, 0.15) is 0 Å². The summed E-state index contributed by atoms with van der Waals surface area (Å²) in [6.07, 6.45) is 1.20. The Labute approximate surface area is 197 Å². The van der Waals surface area contributed by atoms with Gasteiger partial charge in [-0.3, -0.25) is 0 Å². The molecule has 1 aliphatic rings. The molecular formula is C28H28AsN2O. The van der Waals surface area contributed by atoms with Crippen LogP contribution in [0, 0.1) is 6.92 Å². The molecule has 3 nitrogen and oxygen atoms in total. The molecule has 0 saturated carbocycles. The Morgan fingerprint density at radius 2 is 1.81 bits per heavy atom. The molecular weight excluding hydrogens is 455 g/mol. The molecule has 1 fully saturated rings. The number of nitrogens with zero attached hydrogens (tertiary/aromatic N) is 2. The quantitative estimate of drug-likeness (QED) is 0.358. The van der Waals surface area contributed by atoms with Gasteiger partial charge in [0.2, 0.25) is 0 Å². The fourth-order valence-electron chi connectivity index (χ4n) is 4.57. The van der Waals surface area contributed by atoms with Gasteiger partial charge in [-0.15, -0.1) is 0 Å². The third-order valence-electron chi connectivity index (χ3n) is 6.30. The van der Waals surface area contributed by atoms with Gasteiger partial charge in [0.25, 0.3) is 0 Å². The zero-order chi connectivity index (χ0) is 21.9. The van der Waals surface area contributed by atoms with Crippen LogP contribution in [0.3, 0.4) is 0 Å². The Morgan fingerprint density at radius 3 is 2.59 bits per heavy atom. The Hall–Kier alpha value is -2.77. The standard InChI is InChI=1S/C28H28AsN2O/c1-20-16-28(31-15-14-23(19-31)22-6-4-3-5-7-22)26-17-24(10-13-27(26)30-20)29-18-21-8-11-25(32-2)12-9-21/h3-13,16-17,23H,14-15,18-19H2,1-2H3. The number of hydrogen-bond acceptors (Lipinski definition) is 3. The SMILES string of the molecule is COc1ccc(C[As]c2ccc3nc(C)cc(N4CCC(c5ccccc5)C4)c3c2)cc1. The summed E-state index contributed by atoms with van der Waals surface area (Å²) < 4.78 is 6.74. The van der Waals surface area contributed by atoms with Gasteiger partial charge in [-0.2, -0.15) is 0 Å². The number of pyridine rings is 1. The molecule has 4 heteroatoms. The molecule has 0 bridgehead atoms. The average molecular weight is 483 g/mol. The number of fused-ring (bicyclic) bond motifs is 1. The van der Waals surface area contributed by atoms with Crippen molar-refractivity contribution in [2.75, 3.05) is 25.1 Å². The predicted molar refractivity (Wildman–Crippen MR) is 135 cm³/mol. The number of aromatic nitrogens is 1. The van der Waals surface area contributed by atoms with Crippen molar-refractivity contribution in [2.24, 2.45) is 0 Å². The Bertz CT molecular complexity index is 1210. The van der Waals surface area contributed by atoms with Crippen LogP contribution in [0.4, 0.5) is 5.69 Å². The van der Waals surface area contributed by atoms with Gasteiger partial charge in [-0.25, -0.2) is 0 Å². The number of benzene rings is 3. The maximum absolute atomic E-state index is 5.28. The number of methoxy groups -OCH3 is 1. The van der Waals surface area contributed by atoms with Gasteiger partial charge >= 0.3 is 197 Å². The summed E-state index contributed by atoms with van der Waals surface area (Å²) in [5, 5.41) is 2.41. The van der Waals surface area contributed by atoms with Crippen molar-refractivity contribution in [3.63, 3.8) is 0 Å². The summed E-state index contributed by atoms with van der Waals surface area (Å²) in [5.74, 6) is 1.52. The van der Waals surface area contributed by atoms with Crippen LogP contribution >= 0.6 is 0 Å². The van der Waals surface area contributed by atoms with Crippen LogP contribution in [0.1, 0.15) is 29.2 Å². The van der Waals surface area contributed by atoms with Crippen molar-refractivity contribution < 1.29 is 4.74 Å². The van der Waals surface area contributed by atoms with E-state index in [1.165, 1.54) is 33.0 Å². The maximum atomic E-state index is 5.28.